The van der Waals surface area contributed by atoms with Gasteiger partial charge >= 0.3 is 0 Å². The Hall–Kier alpha value is -2.64. The van der Waals surface area contributed by atoms with Crippen molar-refractivity contribution in [1.82, 2.24) is 4.90 Å². The van der Waals surface area contributed by atoms with E-state index < -0.39 is 63.4 Å². The van der Waals surface area contributed by atoms with Crippen LogP contribution in [0.15, 0.2) is 42.5 Å². The van der Waals surface area contributed by atoms with Crippen molar-refractivity contribution in [1.29, 1.82) is 0 Å². The first-order valence-corrected chi connectivity index (χ1v) is 13.9. The molecule has 0 aliphatic rings. The highest BCUT2D eigenvalue weighted by Crippen LogP contribution is 2.31. The Morgan fingerprint density at radius 2 is 1.49 bits per heavy atom. The van der Waals surface area contributed by atoms with E-state index in [2.05, 4.69) is 4.72 Å². The van der Waals surface area contributed by atoms with Crippen molar-refractivity contribution in [3.63, 3.8) is 0 Å². The van der Waals surface area contributed by atoms with Crippen molar-refractivity contribution in [3.8, 4) is 5.75 Å². The van der Waals surface area contributed by atoms with Gasteiger partial charge in [-0.15, -0.1) is 0 Å². The third-order valence-electron chi connectivity index (χ3n) is 5.68. The van der Waals surface area contributed by atoms with E-state index in [1.807, 2.05) is 0 Å². The summed E-state index contributed by atoms with van der Waals surface area (Å²) in [6.07, 6.45) is -0.296. The number of nitrogens with zero attached hydrogens (tertiary/aromatic N) is 1. The number of sulfonamides is 1. The Labute approximate surface area is 232 Å². The van der Waals surface area contributed by atoms with Gasteiger partial charge in [0.1, 0.15) is 18.5 Å². The number of aliphatic hydroxyl groups is 1. The molecule has 3 rings (SSSR count). The standard InChI is InChI=1S/C25H23Cl2F5N2O4S/c1-13(14-3-8-19(26)20(27)9-14)34(11-18-21(28)23(30)25(32)24(31)22(18)29)10-16(35)12-38-17-6-4-15(5-7-17)33-39(2,36)37/h3-9,13,16,33,35H,10-12H2,1-2H3. The Kier molecular flexibility index (Phi) is 10.1. The highest BCUT2D eigenvalue weighted by atomic mass is 35.5. The summed E-state index contributed by atoms with van der Waals surface area (Å²) in [5.74, 6) is -10.1. The fraction of sp³-hybridized carbons (Fsp3) is 0.280. The van der Waals surface area contributed by atoms with Gasteiger partial charge in [-0.2, -0.15) is 0 Å². The van der Waals surface area contributed by atoms with Crippen molar-refractivity contribution in [2.24, 2.45) is 0 Å². The molecule has 3 aromatic rings. The fourth-order valence-corrected chi connectivity index (χ4v) is 4.55. The number of benzene rings is 3. The largest absolute Gasteiger partial charge is 0.491 e. The van der Waals surface area contributed by atoms with Gasteiger partial charge in [0.05, 0.1) is 16.3 Å². The lowest BCUT2D eigenvalue weighted by atomic mass is 10.0. The summed E-state index contributed by atoms with van der Waals surface area (Å²) >= 11 is 12.0. The lowest BCUT2D eigenvalue weighted by Gasteiger charge is -2.32. The molecule has 2 atom stereocenters. The molecule has 0 bridgehead atoms. The molecule has 0 spiro atoms. The van der Waals surface area contributed by atoms with Crippen molar-refractivity contribution >= 4 is 38.9 Å². The van der Waals surface area contributed by atoms with Crippen LogP contribution >= 0.6 is 23.2 Å². The minimum atomic E-state index is -3.48. The van der Waals surface area contributed by atoms with E-state index in [9.17, 15) is 35.5 Å². The summed E-state index contributed by atoms with van der Waals surface area (Å²) in [6.45, 7) is 0.206. The second-order valence-electron chi connectivity index (χ2n) is 8.69. The summed E-state index contributed by atoms with van der Waals surface area (Å²) in [6, 6.07) is 9.57. The SMILES string of the molecule is CC(c1ccc(Cl)c(Cl)c1)N(Cc1c(F)c(F)c(F)c(F)c1F)CC(O)COc1ccc(NS(C)(=O)=O)cc1. The lowest BCUT2D eigenvalue weighted by molar-refractivity contribution is 0.0498. The normalized spacial score (nSPS) is 13.4. The van der Waals surface area contributed by atoms with E-state index in [4.69, 9.17) is 27.9 Å². The molecule has 2 N–H and O–H groups in total. The first kappa shape index (κ1) is 30.9. The number of rotatable bonds is 11. The van der Waals surface area contributed by atoms with E-state index in [-0.39, 0.29) is 34.6 Å². The van der Waals surface area contributed by atoms with Crippen LogP contribution in [-0.4, -0.2) is 43.9 Å². The molecular formula is C25H23Cl2F5N2O4S. The maximum atomic E-state index is 14.5. The average Bonchev–Trinajstić information content (AvgIpc) is 2.88. The van der Waals surface area contributed by atoms with Crippen molar-refractivity contribution in [2.75, 3.05) is 24.1 Å². The zero-order chi connectivity index (χ0) is 29.1. The highest BCUT2D eigenvalue weighted by molar-refractivity contribution is 7.92. The third kappa shape index (κ3) is 7.95. The molecule has 0 heterocycles. The van der Waals surface area contributed by atoms with Gasteiger partial charge in [0, 0.05) is 30.4 Å². The number of ether oxygens (including phenoxy) is 1. The predicted octanol–water partition coefficient (Wildman–Crippen LogP) is 6.06. The molecule has 2 unspecified atom stereocenters. The van der Waals surface area contributed by atoms with Crippen LogP contribution in [-0.2, 0) is 16.6 Å². The second kappa shape index (κ2) is 12.7. The van der Waals surface area contributed by atoms with Gasteiger partial charge in [0.15, 0.2) is 23.3 Å². The molecule has 0 aromatic heterocycles. The van der Waals surface area contributed by atoms with Crippen LogP contribution in [0.4, 0.5) is 27.6 Å². The number of halogens is 7. The summed E-state index contributed by atoms with van der Waals surface area (Å²) in [5, 5.41) is 11.1. The Bertz CT molecular complexity index is 1420. The van der Waals surface area contributed by atoms with Crippen molar-refractivity contribution < 1.29 is 40.2 Å². The van der Waals surface area contributed by atoms with Gasteiger partial charge in [0.25, 0.3) is 0 Å². The summed E-state index contributed by atoms with van der Waals surface area (Å²) in [4.78, 5) is 1.30. The molecule has 6 nitrogen and oxygen atoms in total. The zero-order valence-electron chi connectivity index (χ0n) is 20.5. The number of aliphatic hydroxyl groups excluding tert-OH is 1. The van der Waals surface area contributed by atoms with Crippen LogP contribution in [0, 0.1) is 29.1 Å². The van der Waals surface area contributed by atoms with E-state index in [1.165, 1.54) is 41.3 Å². The van der Waals surface area contributed by atoms with Crippen LogP contribution in [0.25, 0.3) is 0 Å². The monoisotopic (exact) mass is 612 g/mol. The second-order valence-corrected chi connectivity index (χ2v) is 11.3. The minimum absolute atomic E-state index is 0.176. The van der Waals surface area contributed by atoms with E-state index in [0.29, 0.717) is 5.56 Å². The molecule has 212 valence electrons. The first-order chi connectivity index (χ1) is 18.2. The Morgan fingerprint density at radius 1 is 0.923 bits per heavy atom. The molecule has 3 aromatic carbocycles. The first-order valence-electron chi connectivity index (χ1n) is 11.3. The molecular weight excluding hydrogens is 590 g/mol. The molecule has 39 heavy (non-hydrogen) atoms. The molecule has 0 saturated heterocycles. The van der Waals surface area contributed by atoms with Crippen molar-refractivity contribution in [3.05, 3.63) is 92.7 Å². The number of nitrogens with one attached hydrogen (secondary N) is 1. The lowest BCUT2D eigenvalue weighted by Crippen LogP contribution is -2.37. The molecule has 0 aliphatic heterocycles. The summed E-state index contributed by atoms with van der Waals surface area (Å²) in [5.41, 5.74) is -0.286. The average molecular weight is 613 g/mol. The predicted molar refractivity (Wildman–Crippen MR) is 138 cm³/mol. The quantitative estimate of drug-likeness (QED) is 0.156. The third-order valence-corrected chi connectivity index (χ3v) is 7.03. The number of anilines is 1. The van der Waals surface area contributed by atoms with E-state index >= 15 is 0 Å². The minimum Gasteiger partial charge on any atom is -0.491 e. The topological polar surface area (TPSA) is 78.9 Å². The molecule has 0 radical (unpaired) electrons. The molecule has 0 amide bonds. The Morgan fingerprint density at radius 3 is 2.03 bits per heavy atom. The van der Waals surface area contributed by atoms with Gasteiger partial charge in [-0.3, -0.25) is 9.62 Å². The van der Waals surface area contributed by atoms with Crippen LogP contribution < -0.4 is 9.46 Å². The maximum absolute atomic E-state index is 14.5. The summed E-state index contributed by atoms with van der Waals surface area (Å²) in [7, 11) is -3.48. The zero-order valence-corrected chi connectivity index (χ0v) is 22.8. The highest BCUT2D eigenvalue weighted by Gasteiger charge is 2.29. The molecule has 0 saturated carbocycles. The smallest absolute Gasteiger partial charge is 0.229 e. The van der Waals surface area contributed by atoms with Crippen LogP contribution in [0.1, 0.15) is 24.1 Å². The van der Waals surface area contributed by atoms with Gasteiger partial charge in [-0.05, 0) is 48.9 Å². The Balaban J connectivity index is 1.82. The molecule has 0 fully saturated rings. The van der Waals surface area contributed by atoms with E-state index in [0.717, 1.165) is 6.26 Å². The maximum Gasteiger partial charge on any atom is 0.229 e. The van der Waals surface area contributed by atoms with Crippen LogP contribution in [0.5, 0.6) is 5.75 Å². The fourth-order valence-electron chi connectivity index (χ4n) is 3.68. The van der Waals surface area contributed by atoms with E-state index in [1.54, 1.807) is 13.0 Å². The molecule has 14 heteroatoms. The van der Waals surface area contributed by atoms with Gasteiger partial charge < -0.3 is 9.84 Å². The number of hydrogen-bond donors (Lipinski definition) is 2. The van der Waals surface area contributed by atoms with Gasteiger partial charge in [0.2, 0.25) is 15.8 Å². The molecule has 0 aliphatic carbocycles. The summed E-state index contributed by atoms with van der Waals surface area (Å²) < 4.78 is 101. The number of hydrogen-bond acceptors (Lipinski definition) is 5. The van der Waals surface area contributed by atoms with Crippen LogP contribution in [0.2, 0.25) is 10.0 Å². The van der Waals surface area contributed by atoms with Gasteiger partial charge in [-0.1, -0.05) is 29.3 Å². The van der Waals surface area contributed by atoms with Crippen molar-refractivity contribution in [2.45, 2.75) is 25.6 Å². The van der Waals surface area contributed by atoms with Crippen LogP contribution in [0.3, 0.4) is 0 Å². The van der Waals surface area contributed by atoms with Gasteiger partial charge in [-0.25, -0.2) is 30.4 Å².